The Bertz CT molecular complexity index is 1540. The number of ketones is 1. The number of nitriles is 1. The van der Waals surface area contributed by atoms with Crippen LogP contribution in [0.5, 0.6) is 0 Å². The van der Waals surface area contributed by atoms with E-state index in [0.29, 0.717) is 41.9 Å². The van der Waals surface area contributed by atoms with Crippen LogP contribution in [0.4, 0.5) is 14.5 Å². The van der Waals surface area contributed by atoms with Crippen LogP contribution < -0.4 is 10.6 Å². The number of fused-ring (bicyclic) bond motifs is 1. The van der Waals surface area contributed by atoms with Gasteiger partial charge in [0.05, 0.1) is 34.6 Å². The lowest BCUT2D eigenvalue weighted by molar-refractivity contribution is -0.148. The molecule has 3 aromatic rings. The molecule has 2 aliphatic rings. The van der Waals surface area contributed by atoms with Gasteiger partial charge in [-0.2, -0.15) is 5.26 Å². The molecule has 1 aliphatic carbocycles. The van der Waals surface area contributed by atoms with E-state index in [4.69, 9.17) is 0 Å². The van der Waals surface area contributed by atoms with Crippen LogP contribution in [0.25, 0.3) is 0 Å². The normalized spacial score (nSPS) is 16.7. The fraction of sp³-hybridized carbons (Fsp3) is 0.385. The third-order valence-corrected chi connectivity index (χ3v) is 7.24. The van der Waals surface area contributed by atoms with Crippen molar-refractivity contribution in [3.8, 4) is 6.07 Å². The molecule has 2 amide bonds. The van der Waals surface area contributed by atoms with Gasteiger partial charge in [-0.25, -0.2) is 8.78 Å². The average molecular weight is 522 g/mol. The molecular formula is C26H25F2N7O3. The Labute approximate surface area is 216 Å². The van der Waals surface area contributed by atoms with Gasteiger partial charge in [0.1, 0.15) is 5.69 Å². The van der Waals surface area contributed by atoms with Crippen LogP contribution >= 0.6 is 0 Å². The topological polar surface area (TPSA) is 135 Å². The minimum absolute atomic E-state index is 0.0575. The molecule has 1 aromatic carbocycles. The number of hydrogen-bond donors (Lipinski definition) is 2. The van der Waals surface area contributed by atoms with Crippen molar-refractivity contribution in [3.05, 3.63) is 63.7 Å². The van der Waals surface area contributed by atoms with Crippen LogP contribution in [-0.4, -0.2) is 43.1 Å². The molecule has 0 bridgehead atoms. The Morgan fingerprint density at radius 3 is 2.55 bits per heavy atom. The summed E-state index contributed by atoms with van der Waals surface area (Å²) in [4.78, 5) is 39.9. The highest BCUT2D eigenvalue weighted by molar-refractivity contribution is 6.43. The summed E-state index contributed by atoms with van der Waals surface area (Å²) in [5, 5.41) is 22.3. The van der Waals surface area contributed by atoms with Gasteiger partial charge in [0, 0.05) is 37.8 Å². The summed E-state index contributed by atoms with van der Waals surface area (Å²) in [6.45, 7) is 3.82. The van der Waals surface area contributed by atoms with Crippen molar-refractivity contribution in [2.45, 2.75) is 57.5 Å². The highest BCUT2D eigenvalue weighted by Crippen LogP contribution is 2.51. The summed E-state index contributed by atoms with van der Waals surface area (Å²) in [5.41, 5.74) is 1.57. The molecule has 0 saturated heterocycles. The molecule has 0 unspecified atom stereocenters. The first kappa shape index (κ1) is 25.3. The van der Waals surface area contributed by atoms with E-state index in [0.717, 1.165) is 5.56 Å². The number of halogens is 2. The second-order valence-corrected chi connectivity index (χ2v) is 10.00. The van der Waals surface area contributed by atoms with Crippen molar-refractivity contribution in [3.63, 3.8) is 0 Å². The van der Waals surface area contributed by atoms with E-state index in [1.165, 1.54) is 10.9 Å². The number of alkyl halides is 2. The van der Waals surface area contributed by atoms with Gasteiger partial charge in [-0.1, -0.05) is 11.3 Å². The predicted octanol–water partition coefficient (Wildman–Crippen LogP) is 2.93. The third kappa shape index (κ3) is 4.13. The summed E-state index contributed by atoms with van der Waals surface area (Å²) in [6.07, 6.45) is 1.25. The van der Waals surface area contributed by atoms with Gasteiger partial charge < -0.3 is 15.2 Å². The number of aromatic nitrogens is 4. The average Bonchev–Trinajstić information content (AvgIpc) is 3.54. The maximum atomic E-state index is 13.9. The summed E-state index contributed by atoms with van der Waals surface area (Å²) >= 11 is 0. The number of carbonyl (C=O) groups is 3. The number of amides is 2. The van der Waals surface area contributed by atoms with Gasteiger partial charge >= 0.3 is 0 Å². The SMILES string of the molecule is Cc1ccc(NC(=O)c2c(C)c(C(=O)C(=O)NC3(c4cn(C)nn4)CC(F)(F)C3)n3c2CCC3)cc1C#N. The van der Waals surface area contributed by atoms with Crippen LogP contribution in [0.2, 0.25) is 0 Å². The summed E-state index contributed by atoms with van der Waals surface area (Å²) in [7, 11) is 1.57. The molecule has 2 aromatic heterocycles. The van der Waals surface area contributed by atoms with Crippen molar-refractivity contribution in [2.24, 2.45) is 7.05 Å². The van der Waals surface area contributed by atoms with Gasteiger partial charge in [-0.3, -0.25) is 19.1 Å². The lowest BCUT2D eigenvalue weighted by Gasteiger charge is -2.46. The first-order valence-electron chi connectivity index (χ1n) is 12.1. The molecule has 38 heavy (non-hydrogen) atoms. The number of anilines is 1. The van der Waals surface area contributed by atoms with Gasteiger partial charge in [0.2, 0.25) is 0 Å². The van der Waals surface area contributed by atoms with Crippen molar-refractivity contribution in [1.29, 1.82) is 5.26 Å². The molecule has 10 nitrogen and oxygen atoms in total. The quantitative estimate of drug-likeness (QED) is 0.378. The molecule has 1 fully saturated rings. The number of benzene rings is 1. The first-order chi connectivity index (χ1) is 17.9. The van der Waals surface area contributed by atoms with E-state index in [2.05, 4.69) is 27.0 Å². The van der Waals surface area contributed by atoms with Crippen LogP contribution in [0.3, 0.4) is 0 Å². The summed E-state index contributed by atoms with van der Waals surface area (Å²) in [6, 6.07) is 7.05. The lowest BCUT2D eigenvalue weighted by atomic mass is 9.71. The van der Waals surface area contributed by atoms with E-state index in [9.17, 15) is 28.4 Å². The molecular weight excluding hydrogens is 496 g/mol. The van der Waals surface area contributed by atoms with E-state index < -0.39 is 41.9 Å². The standard InChI is InChI=1S/C26H25F2N7O3/c1-14-6-7-17(9-16(14)10-29)30-23(37)20-15(2)21(35-8-4-5-18(20)35)22(36)24(38)31-25(12-26(27,28)13-25)19-11-34(3)33-32-19/h6-7,9,11H,4-5,8,12-13H2,1-3H3,(H,30,37)(H,31,38). The molecule has 2 N–H and O–H groups in total. The Kier molecular flexibility index (Phi) is 5.89. The number of aryl methyl sites for hydroxylation is 2. The molecule has 1 aliphatic heterocycles. The zero-order valence-electron chi connectivity index (χ0n) is 21.1. The fourth-order valence-electron chi connectivity index (χ4n) is 5.44. The largest absolute Gasteiger partial charge is 0.341 e. The summed E-state index contributed by atoms with van der Waals surface area (Å²) in [5.74, 6) is -5.43. The first-order valence-corrected chi connectivity index (χ1v) is 12.1. The zero-order chi connectivity index (χ0) is 27.4. The number of carbonyl (C=O) groups excluding carboxylic acids is 3. The van der Waals surface area contributed by atoms with Crippen molar-refractivity contribution in [1.82, 2.24) is 24.9 Å². The minimum atomic E-state index is -3.01. The third-order valence-electron chi connectivity index (χ3n) is 7.24. The molecule has 1 saturated carbocycles. The lowest BCUT2D eigenvalue weighted by Crippen LogP contribution is -2.61. The maximum absolute atomic E-state index is 13.9. The highest BCUT2D eigenvalue weighted by Gasteiger charge is 2.60. The second kappa shape index (κ2) is 8.86. The Hall–Kier alpha value is -4.40. The molecule has 0 atom stereocenters. The maximum Gasteiger partial charge on any atom is 0.294 e. The number of nitrogens with one attached hydrogen (secondary N) is 2. The van der Waals surface area contributed by atoms with E-state index in [-0.39, 0.29) is 17.0 Å². The molecule has 3 heterocycles. The number of nitrogens with zero attached hydrogens (tertiary/aromatic N) is 5. The summed E-state index contributed by atoms with van der Waals surface area (Å²) < 4.78 is 30.9. The molecule has 12 heteroatoms. The van der Waals surface area contributed by atoms with Crippen LogP contribution in [-0.2, 0) is 30.3 Å². The Morgan fingerprint density at radius 1 is 1.18 bits per heavy atom. The van der Waals surface area contributed by atoms with Crippen LogP contribution in [0.1, 0.15) is 68.2 Å². The van der Waals surface area contributed by atoms with E-state index in [1.807, 2.05) is 0 Å². The van der Waals surface area contributed by atoms with Crippen molar-refractivity contribution >= 4 is 23.3 Å². The van der Waals surface area contributed by atoms with Crippen molar-refractivity contribution < 1.29 is 23.2 Å². The monoisotopic (exact) mass is 521 g/mol. The van der Waals surface area contributed by atoms with Crippen molar-refractivity contribution in [2.75, 3.05) is 5.32 Å². The highest BCUT2D eigenvalue weighted by atomic mass is 19.3. The van der Waals surface area contributed by atoms with Crippen LogP contribution in [0.15, 0.2) is 24.4 Å². The number of rotatable bonds is 6. The zero-order valence-corrected chi connectivity index (χ0v) is 21.1. The fourth-order valence-corrected chi connectivity index (χ4v) is 5.44. The number of hydrogen-bond acceptors (Lipinski definition) is 6. The van der Waals surface area contributed by atoms with E-state index >= 15 is 0 Å². The molecule has 0 radical (unpaired) electrons. The van der Waals surface area contributed by atoms with Gasteiger partial charge in [0.15, 0.2) is 0 Å². The number of Topliss-reactive ketones (excluding diaryl/α,β-unsaturated/α-hetero) is 1. The molecule has 0 spiro atoms. The van der Waals surface area contributed by atoms with Gasteiger partial charge in [-0.15, -0.1) is 5.10 Å². The molecule has 5 rings (SSSR count). The van der Waals surface area contributed by atoms with Gasteiger partial charge in [-0.05, 0) is 49.9 Å². The predicted molar refractivity (Wildman–Crippen MR) is 131 cm³/mol. The van der Waals surface area contributed by atoms with Crippen LogP contribution in [0, 0.1) is 25.2 Å². The minimum Gasteiger partial charge on any atom is -0.341 e. The molecule has 196 valence electrons. The second-order valence-electron chi connectivity index (χ2n) is 10.00. The smallest absolute Gasteiger partial charge is 0.294 e. The van der Waals surface area contributed by atoms with E-state index in [1.54, 1.807) is 43.7 Å². The Morgan fingerprint density at radius 2 is 1.92 bits per heavy atom. The van der Waals surface area contributed by atoms with Gasteiger partial charge in [0.25, 0.3) is 23.5 Å². The Balaban J connectivity index is 1.44.